The van der Waals surface area contributed by atoms with E-state index in [1.54, 1.807) is 6.07 Å². The van der Waals surface area contributed by atoms with Crippen molar-refractivity contribution in [2.45, 2.75) is 13.0 Å². The molecule has 0 aromatic heterocycles. The number of nitrogens with zero attached hydrogens (tertiary/aromatic N) is 4. The summed E-state index contributed by atoms with van der Waals surface area (Å²) in [5, 5.41) is 0. The topological polar surface area (TPSA) is 31.2 Å². The molecule has 0 spiro atoms. The molecule has 2 aliphatic heterocycles. The van der Waals surface area contributed by atoms with Gasteiger partial charge >= 0.3 is 0 Å². The van der Waals surface area contributed by atoms with Gasteiger partial charge in [-0.1, -0.05) is 30.3 Å². The van der Waals surface area contributed by atoms with Crippen molar-refractivity contribution in [2.75, 3.05) is 20.1 Å². The van der Waals surface area contributed by atoms with E-state index in [1.165, 1.54) is 11.6 Å². The van der Waals surface area contributed by atoms with Crippen LogP contribution in [-0.2, 0) is 6.54 Å². The third-order valence-electron chi connectivity index (χ3n) is 4.76. The second kappa shape index (κ2) is 7.80. The van der Waals surface area contributed by atoms with Crippen LogP contribution in [0.25, 0.3) is 0 Å². The summed E-state index contributed by atoms with van der Waals surface area (Å²) < 4.78 is 15.2. The number of hydrogen-bond donors (Lipinski definition) is 0. The molecule has 2 aromatic rings. The fourth-order valence-electron chi connectivity index (χ4n) is 3.36. The van der Waals surface area contributed by atoms with Crippen LogP contribution in [-0.4, -0.2) is 42.0 Å². The smallest absolute Gasteiger partial charge is 0.149 e. The van der Waals surface area contributed by atoms with E-state index in [9.17, 15) is 4.39 Å². The highest BCUT2D eigenvalue weighted by molar-refractivity contribution is 14.1. The number of aliphatic imine (C=N–C) groups is 2. The van der Waals surface area contributed by atoms with E-state index in [0.29, 0.717) is 5.69 Å². The summed E-state index contributed by atoms with van der Waals surface area (Å²) in [6, 6.07) is 15.5. The first-order valence-corrected chi connectivity index (χ1v) is 9.97. The summed E-state index contributed by atoms with van der Waals surface area (Å²) in [7, 11) is 2.04. The summed E-state index contributed by atoms with van der Waals surface area (Å²) in [6.45, 7) is 2.35. The summed E-state index contributed by atoms with van der Waals surface area (Å²) in [5.74, 6) is 0.658. The molecule has 0 unspecified atom stereocenters. The molecule has 2 aliphatic rings. The highest BCUT2D eigenvalue weighted by atomic mass is 127. The molecule has 0 amide bonds. The molecule has 2 heterocycles. The molecular weight excluding hydrogens is 454 g/mol. The first-order chi connectivity index (χ1) is 13.1. The predicted molar refractivity (Wildman–Crippen MR) is 116 cm³/mol. The lowest BCUT2D eigenvalue weighted by molar-refractivity contribution is 0.380. The number of benzene rings is 2. The van der Waals surface area contributed by atoms with Gasteiger partial charge in [-0.2, -0.15) is 0 Å². The molecule has 6 heteroatoms. The summed E-state index contributed by atoms with van der Waals surface area (Å²) in [6.07, 6.45) is 2.69. The summed E-state index contributed by atoms with van der Waals surface area (Å²) in [5.41, 5.74) is 3.64. The molecule has 0 aliphatic carbocycles. The largest absolute Gasteiger partial charge is 0.359 e. The SMILES string of the molecule is CN1CCC(=Nc2ccc(I)cc2F)C2=C1N=CN(Cc1ccccc1)C2. The van der Waals surface area contributed by atoms with E-state index in [0.717, 1.165) is 46.7 Å². The Morgan fingerprint density at radius 1 is 1.19 bits per heavy atom. The van der Waals surface area contributed by atoms with Gasteiger partial charge in [-0.15, -0.1) is 0 Å². The minimum atomic E-state index is -0.282. The quantitative estimate of drug-likeness (QED) is 0.610. The van der Waals surface area contributed by atoms with Crippen LogP contribution in [0, 0.1) is 9.39 Å². The van der Waals surface area contributed by atoms with Crippen LogP contribution in [0.15, 0.2) is 69.9 Å². The minimum Gasteiger partial charge on any atom is -0.359 e. The molecule has 2 aromatic carbocycles. The molecule has 0 saturated heterocycles. The van der Waals surface area contributed by atoms with E-state index in [1.807, 2.05) is 37.7 Å². The van der Waals surface area contributed by atoms with E-state index in [4.69, 9.17) is 0 Å². The second-order valence-corrected chi connectivity index (χ2v) is 8.01. The standard InChI is InChI=1S/C21H20FIN4/c1-26-10-9-19(25-20-8-7-16(23)11-18(20)22)17-13-27(14-24-21(17)26)12-15-5-3-2-4-6-15/h2-8,11,14H,9-10,12-13H2,1H3. The van der Waals surface area contributed by atoms with E-state index in [-0.39, 0.29) is 5.82 Å². The van der Waals surface area contributed by atoms with E-state index < -0.39 is 0 Å². The zero-order chi connectivity index (χ0) is 18.8. The van der Waals surface area contributed by atoms with Gasteiger partial charge in [-0.25, -0.2) is 14.4 Å². The Bertz CT molecular complexity index is 936. The van der Waals surface area contributed by atoms with Crippen LogP contribution < -0.4 is 0 Å². The van der Waals surface area contributed by atoms with Gasteiger partial charge in [0, 0.05) is 42.2 Å². The van der Waals surface area contributed by atoms with E-state index in [2.05, 4.69) is 54.5 Å². The predicted octanol–water partition coefficient (Wildman–Crippen LogP) is 4.59. The Morgan fingerprint density at radius 2 is 2.00 bits per heavy atom. The molecule has 4 rings (SSSR count). The molecule has 4 nitrogen and oxygen atoms in total. The van der Waals surface area contributed by atoms with Crippen LogP contribution in [0.2, 0.25) is 0 Å². The molecule has 0 saturated carbocycles. The Labute approximate surface area is 172 Å². The van der Waals surface area contributed by atoms with Crippen molar-refractivity contribution in [1.82, 2.24) is 9.80 Å². The van der Waals surface area contributed by atoms with Gasteiger partial charge in [-0.05, 0) is 46.4 Å². The van der Waals surface area contributed by atoms with Crippen molar-refractivity contribution in [2.24, 2.45) is 9.98 Å². The van der Waals surface area contributed by atoms with Crippen molar-refractivity contribution in [3.8, 4) is 0 Å². The third kappa shape index (κ3) is 4.05. The maximum absolute atomic E-state index is 14.3. The third-order valence-corrected chi connectivity index (χ3v) is 5.43. The van der Waals surface area contributed by atoms with Gasteiger partial charge in [0.1, 0.15) is 11.6 Å². The molecule has 138 valence electrons. The van der Waals surface area contributed by atoms with Crippen LogP contribution in [0.1, 0.15) is 12.0 Å². The van der Waals surface area contributed by atoms with Crippen LogP contribution in [0.4, 0.5) is 10.1 Å². The zero-order valence-corrected chi connectivity index (χ0v) is 17.2. The Kier molecular flexibility index (Phi) is 5.24. The average Bonchev–Trinajstić information content (AvgIpc) is 2.67. The van der Waals surface area contributed by atoms with Crippen LogP contribution in [0.5, 0.6) is 0 Å². The lowest BCUT2D eigenvalue weighted by Crippen LogP contribution is -2.38. The van der Waals surface area contributed by atoms with Gasteiger partial charge in [-0.3, -0.25) is 0 Å². The van der Waals surface area contributed by atoms with Gasteiger partial charge in [0.2, 0.25) is 0 Å². The van der Waals surface area contributed by atoms with Crippen molar-refractivity contribution in [1.29, 1.82) is 0 Å². The Balaban J connectivity index is 1.63. The minimum absolute atomic E-state index is 0.282. The molecule has 0 atom stereocenters. The van der Waals surface area contributed by atoms with Crippen LogP contribution >= 0.6 is 22.6 Å². The second-order valence-electron chi connectivity index (χ2n) is 6.76. The maximum Gasteiger partial charge on any atom is 0.149 e. The van der Waals surface area contributed by atoms with Crippen molar-refractivity contribution >= 4 is 40.3 Å². The monoisotopic (exact) mass is 474 g/mol. The lowest BCUT2D eigenvalue weighted by atomic mass is 10.0. The number of hydrogen-bond acceptors (Lipinski definition) is 4. The average molecular weight is 474 g/mol. The maximum atomic E-state index is 14.3. The van der Waals surface area contributed by atoms with Gasteiger partial charge < -0.3 is 9.80 Å². The summed E-state index contributed by atoms with van der Waals surface area (Å²) in [4.78, 5) is 13.7. The molecule has 0 radical (unpaired) electrons. The lowest BCUT2D eigenvalue weighted by Gasteiger charge is -2.34. The van der Waals surface area contributed by atoms with Crippen LogP contribution in [0.3, 0.4) is 0 Å². The number of halogens is 2. The van der Waals surface area contributed by atoms with Gasteiger partial charge in [0.25, 0.3) is 0 Å². The van der Waals surface area contributed by atoms with Gasteiger partial charge in [0.05, 0.1) is 17.7 Å². The highest BCUT2D eigenvalue weighted by Crippen LogP contribution is 2.28. The first-order valence-electron chi connectivity index (χ1n) is 8.89. The zero-order valence-electron chi connectivity index (χ0n) is 15.1. The fraction of sp³-hybridized carbons (Fsp3) is 0.238. The normalized spacial score (nSPS) is 18.3. The first kappa shape index (κ1) is 18.2. The van der Waals surface area contributed by atoms with Gasteiger partial charge in [0.15, 0.2) is 0 Å². The fourth-order valence-corrected chi connectivity index (χ4v) is 3.82. The molecule has 0 fully saturated rings. The number of rotatable bonds is 3. The van der Waals surface area contributed by atoms with Crippen molar-refractivity contribution in [3.63, 3.8) is 0 Å². The Hall–Kier alpha value is -2.22. The van der Waals surface area contributed by atoms with E-state index >= 15 is 0 Å². The summed E-state index contributed by atoms with van der Waals surface area (Å²) >= 11 is 2.11. The highest BCUT2D eigenvalue weighted by Gasteiger charge is 2.26. The van der Waals surface area contributed by atoms with Crippen molar-refractivity contribution < 1.29 is 4.39 Å². The molecular formula is C21H20FIN4. The molecule has 0 N–H and O–H groups in total. The van der Waals surface area contributed by atoms with Crippen molar-refractivity contribution in [3.05, 3.63) is 74.9 Å². The molecule has 0 bridgehead atoms. The molecule has 27 heavy (non-hydrogen) atoms. The Morgan fingerprint density at radius 3 is 2.78 bits per heavy atom.